The molecular formula is C19H24N2O4S3. The molecule has 9 heteroatoms. The number of nitrogens with zero attached hydrogens (tertiary/aromatic N) is 2. The Morgan fingerprint density at radius 2 is 1.93 bits per heavy atom. The minimum atomic E-state index is -0.983. The van der Waals surface area contributed by atoms with Gasteiger partial charge in [0, 0.05) is 21.1 Å². The highest BCUT2D eigenvalue weighted by atomic mass is 32.2. The molecule has 0 fully saturated rings. The van der Waals surface area contributed by atoms with Crippen LogP contribution in [0.25, 0.3) is 0 Å². The van der Waals surface area contributed by atoms with Crippen LogP contribution in [0.4, 0.5) is 0 Å². The smallest absolute Gasteiger partial charge is 0.357 e. The number of thiazole rings is 1. The van der Waals surface area contributed by atoms with Crippen molar-refractivity contribution < 1.29 is 19.4 Å². The van der Waals surface area contributed by atoms with Crippen LogP contribution in [0, 0.1) is 0 Å². The van der Waals surface area contributed by atoms with Crippen LogP contribution in [0.1, 0.15) is 61.9 Å². The number of ether oxygens (including phenoxy) is 1. The lowest BCUT2D eigenvalue weighted by atomic mass is 10.1. The highest BCUT2D eigenvalue weighted by molar-refractivity contribution is 8.02. The molecule has 2 aromatic heterocycles. The summed E-state index contributed by atoms with van der Waals surface area (Å²) in [6, 6.07) is 3.01. The highest BCUT2D eigenvalue weighted by Gasteiger charge is 2.23. The number of hydrogen-bond acceptors (Lipinski definition) is 8. The largest absolute Gasteiger partial charge is 0.478 e. The van der Waals surface area contributed by atoms with E-state index in [9.17, 15) is 9.59 Å². The molecule has 2 aromatic rings. The molecule has 1 N–H and O–H groups in total. The fraction of sp³-hybridized carbons (Fsp3) is 0.474. The van der Waals surface area contributed by atoms with Gasteiger partial charge in [0.15, 0.2) is 10.0 Å². The van der Waals surface area contributed by atoms with Crippen molar-refractivity contribution in [3.63, 3.8) is 0 Å². The summed E-state index contributed by atoms with van der Waals surface area (Å²) in [5.74, 6) is -1.41. The number of carbonyl (C=O) groups is 2. The number of thioether (sulfide) groups is 2. The van der Waals surface area contributed by atoms with Crippen molar-refractivity contribution in [3.8, 4) is 0 Å². The lowest BCUT2D eigenvalue weighted by Crippen LogP contribution is -2.19. The monoisotopic (exact) mass is 440 g/mol. The van der Waals surface area contributed by atoms with Crippen molar-refractivity contribution >= 4 is 46.8 Å². The van der Waals surface area contributed by atoms with E-state index in [-0.39, 0.29) is 21.7 Å². The lowest BCUT2D eigenvalue weighted by molar-refractivity contribution is 0.0486. The van der Waals surface area contributed by atoms with Crippen LogP contribution in [0.2, 0.25) is 0 Å². The Morgan fingerprint density at radius 3 is 2.57 bits per heavy atom. The molecular weight excluding hydrogens is 416 g/mol. The molecule has 28 heavy (non-hydrogen) atoms. The van der Waals surface area contributed by atoms with Gasteiger partial charge in [-0.15, -0.1) is 23.1 Å². The first-order valence-corrected chi connectivity index (χ1v) is 11.2. The predicted molar refractivity (Wildman–Crippen MR) is 114 cm³/mol. The fourth-order valence-electron chi connectivity index (χ4n) is 2.06. The van der Waals surface area contributed by atoms with E-state index in [4.69, 9.17) is 9.84 Å². The third kappa shape index (κ3) is 7.44. The molecule has 0 amide bonds. The summed E-state index contributed by atoms with van der Waals surface area (Å²) in [5.41, 5.74) is 0.533. The van der Waals surface area contributed by atoms with Crippen LogP contribution in [-0.2, 0) is 4.74 Å². The Balaban J connectivity index is 1.87. The first-order valence-electron chi connectivity index (χ1n) is 8.65. The minimum Gasteiger partial charge on any atom is -0.478 e. The van der Waals surface area contributed by atoms with Crippen molar-refractivity contribution in [3.05, 3.63) is 35.0 Å². The van der Waals surface area contributed by atoms with Gasteiger partial charge in [-0.1, -0.05) is 46.4 Å². The van der Waals surface area contributed by atoms with Crippen molar-refractivity contribution in [2.24, 2.45) is 0 Å². The zero-order valence-electron chi connectivity index (χ0n) is 16.5. The summed E-state index contributed by atoms with van der Waals surface area (Å²) in [6.07, 6.45) is 2.08. The molecule has 0 aliphatic rings. The Morgan fingerprint density at radius 1 is 1.21 bits per heavy atom. The molecule has 0 bridgehead atoms. The Bertz CT molecular complexity index is 844. The minimum absolute atomic E-state index is 0.0340. The van der Waals surface area contributed by atoms with E-state index in [1.54, 1.807) is 23.2 Å². The fourth-order valence-corrected chi connectivity index (χ4v) is 5.37. The molecule has 0 spiro atoms. The molecule has 0 aliphatic carbocycles. The van der Waals surface area contributed by atoms with Gasteiger partial charge in [0.1, 0.15) is 0 Å². The molecule has 0 aliphatic heterocycles. The standard InChI is InChI=1S/C19H24N2O4S3/c1-18(2,3)28-17-21-13(11-26-17)16(24)25-9-7-19(4,5)27-14-10-12(15(22)23)6-8-20-14/h6,8,10-11H,7,9H2,1-5H3,(H,22,23). The number of carbonyl (C=O) groups excluding carboxylic acids is 1. The van der Waals surface area contributed by atoms with E-state index in [2.05, 4.69) is 30.7 Å². The second-order valence-corrected chi connectivity index (χ2v) is 12.3. The van der Waals surface area contributed by atoms with Gasteiger partial charge in [-0.3, -0.25) is 0 Å². The van der Waals surface area contributed by atoms with Crippen LogP contribution in [0.15, 0.2) is 33.1 Å². The number of aromatic carboxylic acids is 1. The summed E-state index contributed by atoms with van der Waals surface area (Å²) in [7, 11) is 0. The second kappa shape index (κ2) is 9.28. The number of carboxylic acid groups (broad SMARTS) is 1. The zero-order valence-corrected chi connectivity index (χ0v) is 19.0. The third-order valence-corrected chi connectivity index (χ3v) is 6.63. The first-order chi connectivity index (χ1) is 13.0. The summed E-state index contributed by atoms with van der Waals surface area (Å²) in [5, 5.41) is 11.4. The second-order valence-electron chi connectivity index (χ2n) is 7.65. The zero-order chi connectivity index (χ0) is 20.9. The quantitative estimate of drug-likeness (QED) is 0.440. The van der Waals surface area contributed by atoms with Gasteiger partial charge in [-0.2, -0.15) is 0 Å². The summed E-state index contributed by atoms with van der Waals surface area (Å²) in [4.78, 5) is 31.8. The van der Waals surface area contributed by atoms with Crippen molar-refractivity contribution in [2.75, 3.05) is 6.61 Å². The van der Waals surface area contributed by atoms with E-state index >= 15 is 0 Å². The van der Waals surface area contributed by atoms with Crippen LogP contribution in [0.5, 0.6) is 0 Å². The number of pyridine rings is 1. The van der Waals surface area contributed by atoms with E-state index < -0.39 is 11.9 Å². The topological polar surface area (TPSA) is 89.4 Å². The van der Waals surface area contributed by atoms with Crippen LogP contribution in [-0.4, -0.2) is 43.1 Å². The van der Waals surface area contributed by atoms with E-state index in [1.165, 1.54) is 35.4 Å². The average molecular weight is 441 g/mol. The number of esters is 1. The van der Waals surface area contributed by atoms with Gasteiger partial charge < -0.3 is 9.84 Å². The maximum Gasteiger partial charge on any atom is 0.357 e. The normalized spacial score (nSPS) is 12.0. The summed E-state index contributed by atoms with van der Waals surface area (Å²) in [6.45, 7) is 10.5. The van der Waals surface area contributed by atoms with Gasteiger partial charge in [0.25, 0.3) is 0 Å². The number of rotatable bonds is 8. The average Bonchev–Trinajstić information content (AvgIpc) is 3.01. The maximum atomic E-state index is 12.2. The Kier molecular flexibility index (Phi) is 7.52. The molecule has 152 valence electrons. The molecule has 2 rings (SSSR count). The Hall–Kier alpha value is -1.58. The molecule has 6 nitrogen and oxygen atoms in total. The Labute approximate surface area is 177 Å². The van der Waals surface area contributed by atoms with Gasteiger partial charge in [-0.05, 0) is 18.6 Å². The molecule has 0 saturated heterocycles. The number of carboxylic acids is 1. The van der Waals surface area contributed by atoms with E-state index in [1.807, 2.05) is 13.8 Å². The first kappa shape index (κ1) is 22.7. The van der Waals surface area contributed by atoms with E-state index in [0.717, 1.165) is 4.34 Å². The van der Waals surface area contributed by atoms with Gasteiger partial charge >= 0.3 is 11.9 Å². The number of aromatic nitrogens is 2. The van der Waals surface area contributed by atoms with E-state index in [0.29, 0.717) is 17.1 Å². The lowest BCUT2D eigenvalue weighted by Gasteiger charge is -2.23. The van der Waals surface area contributed by atoms with Crippen molar-refractivity contribution in [1.29, 1.82) is 0 Å². The molecule has 0 atom stereocenters. The molecule has 0 aromatic carbocycles. The molecule has 0 radical (unpaired) electrons. The number of hydrogen-bond donors (Lipinski definition) is 1. The van der Waals surface area contributed by atoms with Gasteiger partial charge in [0.05, 0.1) is 17.2 Å². The molecule has 0 saturated carbocycles. The van der Waals surface area contributed by atoms with Crippen LogP contribution in [0.3, 0.4) is 0 Å². The van der Waals surface area contributed by atoms with Gasteiger partial charge in [-0.25, -0.2) is 19.6 Å². The van der Waals surface area contributed by atoms with Crippen LogP contribution < -0.4 is 0 Å². The summed E-state index contributed by atoms with van der Waals surface area (Å²) >= 11 is 4.51. The summed E-state index contributed by atoms with van der Waals surface area (Å²) < 4.78 is 5.98. The SMILES string of the molecule is CC(C)(C)Sc1nc(C(=O)OCCC(C)(C)Sc2cc(C(=O)O)ccn2)cs1. The molecule has 0 unspecified atom stereocenters. The van der Waals surface area contributed by atoms with Crippen molar-refractivity contribution in [1.82, 2.24) is 9.97 Å². The van der Waals surface area contributed by atoms with Gasteiger partial charge in [0.2, 0.25) is 0 Å². The maximum absolute atomic E-state index is 12.2. The third-order valence-electron chi connectivity index (χ3n) is 3.39. The molecule has 2 heterocycles. The highest BCUT2D eigenvalue weighted by Crippen LogP contribution is 2.35. The predicted octanol–water partition coefficient (Wildman–Crippen LogP) is 5.24. The van der Waals surface area contributed by atoms with Crippen LogP contribution >= 0.6 is 34.9 Å². The van der Waals surface area contributed by atoms with Crippen molar-refractivity contribution in [2.45, 2.75) is 59.9 Å².